The van der Waals surface area contributed by atoms with E-state index in [1.807, 2.05) is 38.4 Å². The molecule has 0 saturated heterocycles. The van der Waals surface area contributed by atoms with E-state index >= 15 is 0 Å². The number of halogens is 2. The highest BCUT2D eigenvalue weighted by Gasteiger charge is 2.18. The minimum absolute atomic E-state index is 0. The number of benzene rings is 1. The lowest BCUT2D eigenvalue weighted by Gasteiger charge is -2.23. The number of carbonyl (C=O) groups is 1. The molecule has 1 aromatic heterocycles. The number of hydrogen-bond acceptors (Lipinski definition) is 4. The van der Waals surface area contributed by atoms with Crippen molar-refractivity contribution in [2.45, 2.75) is 12.5 Å². The summed E-state index contributed by atoms with van der Waals surface area (Å²) in [5.74, 6) is -0.00175. The number of fused-ring (bicyclic) bond motifs is 1. The lowest BCUT2D eigenvalue weighted by atomic mass is 10.1. The smallest absolute Gasteiger partial charge is 0.251 e. The Bertz CT molecular complexity index is 662. The van der Waals surface area contributed by atoms with E-state index in [1.54, 1.807) is 11.3 Å². The molecule has 24 heavy (non-hydrogen) atoms. The van der Waals surface area contributed by atoms with Crippen LogP contribution in [0.2, 0.25) is 0 Å². The van der Waals surface area contributed by atoms with Crippen molar-refractivity contribution in [1.29, 1.82) is 0 Å². The Morgan fingerprint density at radius 1 is 1.33 bits per heavy atom. The van der Waals surface area contributed by atoms with E-state index in [1.165, 1.54) is 10.4 Å². The molecule has 7 heteroatoms. The van der Waals surface area contributed by atoms with Crippen molar-refractivity contribution < 1.29 is 4.79 Å². The Hall–Kier alpha value is -1.27. The lowest BCUT2D eigenvalue weighted by Crippen LogP contribution is -2.34. The predicted octanol–water partition coefficient (Wildman–Crippen LogP) is 3.59. The molecule has 132 valence electrons. The highest BCUT2D eigenvalue weighted by Crippen LogP contribution is 2.24. The quantitative estimate of drug-likeness (QED) is 0.823. The second kappa shape index (κ2) is 9.28. The molecule has 1 unspecified atom stereocenters. The number of anilines is 1. The number of amides is 1. The van der Waals surface area contributed by atoms with E-state index < -0.39 is 0 Å². The van der Waals surface area contributed by atoms with Gasteiger partial charge in [0, 0.05) is 29.2 Å². The molecule has 0 spiro atoms. The Balaban J connectivity index is 0.00000144. The summed E-state index contributed by atoms with van der Waals surface area (Å²) < 4.78 is 0. The fourth-order valence-electron chi connectivity index (χ4n) is 2.76. The van der Waals surface area contributed by atoms with Gasteiger partial charge in [-0.3, -0.25) is 4.79 Å². The highest BCUT2D eigenvalue weighted by molar-refractivity contribution is 7.10. The molecule has 1 amide bonds. The molecule has 1 aliphatic heterocycles. The van der Waals surface area contributed by atoms with E-state index in [0.717, 1.165) is 24.2 Å². The van der Waals surface area contributed by atoms with Crippen LogP contribution >= 0.6 is 36.2 Å². The summed E-state index contributed by atoms with van der Waals surface area (Å²) >= 11 is 1.72. The van der Waals surface area contributed by atoms with Gasteiger partial charge in [-0.05, 0) is 55.7 Å². The third-order valence-electron chi connectivity index (χ3n) is 4.03. The van der Waals surface area contributed by atoms with Crippen LogP contribution < -0.4 is 10.6 Å². The van der Waals surface area contributed by atoms with Crippen molar-refractivity contribution in [1.82, 2.24) is 10.2 Å². The molecule has 1 aromatic carbocycles. The van der Waals surface area contributed by atoms with Crippen LogP contribution in [0.25, 0.3) is 0 Å². The number of likely N-dealkylation sites (N-methyl/N-ethyl adjacent to an activating group) is 1. The summed E-state index contributed by atoms with van der Waals surface area (Å²) in [5.41, 5.74) is 3.13. The van der Waals surface area contributed by atoms with Gasteiger partial charge >= 0.3 is 0 Å². The second-order valence-electron chi connectivity index (χ2n) is 5.75. The van der Waals surface area contributed by atoms with Crippen LogP contribution in [0, 0.1) is 0 Å². The SMILES string of the molecule is CN(C)C(CNC(=O)c1ccc2c(c1)CCN2)c1cccs1.Cl.Cl. The van der Waals surface area contributed by atoms with Crippen molar-refractivity contribution in [3.8, 4) is 0 Å². The monoisotopic (exact) mass is 387 g/mol. The summed E-state index contributed by atoms with van der Waals surface area (Å²) in [6, 6.07) is 10.3. The maximum atomic E-state index is 12.4. The normalized spacial score (nSPS) is 13.3. The van der Waals surface area contributed by atoms with Crippen molar-refractivity contribution >= 4 is 47.7 Å². The van der Waals surface area contributed by atoms with E-state index in [0.29, 0.717) is 6.54 Å². The predicted molar refractivity (Wildman–Crippen MR) is 106 cm³/mol. The van der Waals surface area contributed by atoms with E-state index in [2.05, 4.69) is 27.0 Å². The molecule has 1 atom stereocenters. The van der Waals surface area contributed by atoms with Crippen molar-refractivity contribution in [2.24, 2.45) is 0 Å². The molecule has 0 radical (unpaired) electrons. The van der Waals surface area contributed by atoms with Gasteiger partial charge in [0.2, 0.25) is 0 Å². The Kier molecular flexibility index (Phi) is 8.03. The van der Waals surface area contributed by atoms with E-state index in [-0.39, 0.29) is 36.8 Å². The maximum Gasteiger partial charge on any atom is 0.251 e. The van der Waals surface area contributed by atoms with Gasteiger partial charge in [-0.1, -0.05) is 6.07 Å². The van der Waals surface area contributed by atoms with Gasteiger partial charge in [-0.2, -0.15) is 0 Å². The third kappa shape index (κ3) is 4.63. The zero-order chi connectivity index (χ0) is 15.5. The van der Waals surface area contributed by atoms with Crippen LogP contribution in [0.4, 0.5) is 5.69 Å². The van der Waals surface area contributed by atoms with Gasteiger partial charge in [0.05, 0.1) is 6.04 Å². The first-order chi connectivity index (χ1) is 10.6. The fraction of sp³-hybridized carbons (Fsp3) is 0.353. The minimum atomic E-state index is -0.00175. The molecule has 0 fully saturated rings. The van der Waals surface area contributed by atoms with Gasteiger partial charge in [-0.25, -0.2) is 0 Å². The van der Waals surface area contributed by atoms with Gasteiger partial charge in [-0.15, -0.1) is 36.2 Å². The molecule has 1 aliphatic rings. The summed E-state index contributed by atoms with van der Waals surface area (Å²) in [4.78, 5) is 15.8. The Morgan fingerprint density at radius 3 is 2.79 bits per heavy atom. The number of nitrogens with zero attached hydrogens (tertiary/aromatic N) is 1. The molecule has 2 N–H and O–H groups in total. The van der Waals surface area contributed by atoms with Crippen molar-refractivity contribution in [2.75, 3.05) is 32.5 Å². The average molecular weight is 388 g/mol. The number of thiophene rings is 1. The number of rotatable bonds is 5. The summed E-state index contributed by atoms with van der Waals surface area (Å²) in [6.45, 7) is 1.57. The molecule has 3 rings (SSSR count). The molecular formula is C17H23Cl2N3OS. The van der Waals surface area contributed by atoms with Crippen molar-refractivity contribution in [3.63, 3.8) is 0 Å². The molecular weight excluding hydrogens is 365 g/mol. The average Bonchev–Trinajstić information content (AvgIpc) is 3.17. The Labute approximate surface area is 159 Å². The highest BCUT2D eigenvalue weighted by atomic mass is 35.5. The maximum absolute atomic E-state index is 12.4. The minimum Gasteiger partial charge on any atom is -0.384 e. The van der Waals surface area contributed by atoms with Crippen molar-refractivity contribution in [3.05, 3.63) is 51.7 Å². The first-order valence-corrected chi connectivity index (χ1v) is 8.38. The van der Waals surface area contributed by atoms with Crippen LogP contribution in [0.1, 0.15) is 26.8 Å². The van der Waals surface area contributed by atoms with E-state index in [4.69, 9.17) is 0 Å². The largest absolute Gasteiger partial charge is 0.384 e. The molecule has 0 bridgehead atoms. The number of nitrogens with one attached hydrogen (secondary N) is 2. The number of carbonyl (C=O) groups excluding carboxylic acids is 1. The molecule has 0 aliphatic carbocycles. The van der Waals surface area contributed by atoms with E-state index in [9.17, 15) is 4.79 Å². The molecule has 0 saturated carbocycles. The molecule has 4 nitrogen and oxygen atoms in total. The van der Waals surface area contributed by atoms with Gasteiger partial charge in [0.25, 0.3) is 5.91 Å². The fourth-order valence-corrected chi connectivity index (χ4v) is 3.68. The Morgan fingerprint density at radius 2 is 2.12 bits per heavy atom. The standard InChI is InChI=1S/C17H21N3OS.2ClH/c1-20(2)15(16-4-3-9-22-16)11-19-17(21)13-5-6-14-12(10-13)7-8-18-14;;/h3-6,9-10,15,18H,7-8,11H2,1-2H3,(H,19,21);2*1H. The zero-order valence-electron chi connectivity index (χ0n) is 13.7. The summed E-state index contributed by atoms with van der Waals surface area (Å²) in [7, 11) is 4.08. The number of hydrogen-bond donors (Lipinski definition) is 2. The van der Waals surface area contributed by atoms with Crippen LogP contribution in [0.15, 0.2) is 35.7 Å². The van der Waals surface area contributed by atoms with Crippen LogP contribution in [0.5, 0.6) is 0 Å². The third-order valence-corrected chi connectivity index (χ3v) is 5.00. The van der Waals surface area contributed by atoms with Gasteiger partial charge in [0.15, 0.2) is 0 Å². The van der Waals surface area contributed by atoms with Crippen LogP contribution in [0.3, 0.4) is 0 Å². The van der Waals surface area contributed by atoms with Crippen LogP contribution in [-0.2, 0) is 6.42 Å². The van der Waals surface area contributed by atoms with Gasteiger partial charge in [0.1, 0.15) is 0 Å². The first kappa shape index (κ1) is 20.8. The second-order valence-corrected chi connectivity index (χ2v) is 6.73. The zero-order valence-corrected chi connectivity index (χ0v) is 16.2. The molecule has 2 aromatic rings. The molecule has 2 heterocycles. The van der Waals surface area contributed by atoms with Gasteiger partial charge < -0.3 is 15.5 Å². The topological polar surface area (TPSA) is 44.4 Å². The summed E-state index contributed by atoms with van der Waals surface area (Å²) in [6.07, 6.45) is 0.992. The first-order valence-electron chi connectivity index (χ1n) is 7.50. The van der Waals surface area contributed by atoms with Crippen LogP contribution in [-0.4, -0.2) is 38.0 Å². The lowest BCUT2D eigenvalue weighted by molar-refractivity contribution is 0.0942. The summed E-state index contributed by atoms with van der Waals surface area (Å²) in [5, 5.41) is 8.45.